The van der Waals surface area contributed by atoms with Crippen molar-refractivity contribution in [3.05, 3.63) is 39.8 Å². The highest BCUT2D eigenvalue weighted by Gasteiger charge is 2.07. The van der Waals surface area contributed by atoms with Crippen LogP contribution in [-0.4, -0.2) is 41.8 Å². The number of halogens is 2. The molecule has 0 aliphatic heterocycles. The molecule has 0 unspecified atom stereocenters. The maximum Gasteiger partial charge on any atom is 0.414 e. The van der Waals surface area contributed by atoms with E-state index in [1.807, 2.05) is 25.1 Å². The molecule has 0 bridgehead atoms. The summed E-state index contributed by atoms with van der Waals surface area (Å²) in [4.78, 5) is 18.2. The van der Waals surface area contributed by atoms with E-state index >= 15 is 0 Å². The van der Waals surface area contributed by atoms with Crippen LogP contribution >= 0.6 is 27.5 Å². The fourth-order valence-corrected chi connectivity index (χ4v) is 2.39. The Balaban J connectivity index is 0.000000626. The van der Waals surface area contributed by atoms with Gasteiger partial charge in [-0.05, 0) is 40.5 Å². The molecule has 0 saturated heterocycles. The average Bonchev–Trinajstić information content (AvgIpc) is 2.41. The standard InChI is InChI=1S/C12H15BrClNO.C2H2O4/c1-3-4-15-5-6-16-12-10(13)7-9(2)8-11(12)14;3-1(4)2(5)6/h3,7-8,15H,1,4-6H2,2H3;(H,3,4)(H,5,6). The van der Waals surface area contributed by atoms with Gasteiger partial charge in [-0.3, -0.25) is 0 Å². The summed E-state index contributed by atoms with van der Waals surface area (Å²) < 4.78 is 6.48. The van der Waals surface area contributed by atoms with Crippen molar-refractivity contribution >= 4 is 39.5 Å². The number of hydrogen-bond donors (Lipinski definition) is 3. The molecule has 0 aliphatic rings. The minimum atomic E-state index is -1.82. The third-order valence-electron chi connectivity index (χ3n) is 2.14. The van der Waals surface area contributed by atoms with Gasteiger partial charge in [-0.25, -0.2) is 9.59 Å². The normalized spacial score (nSPS) is 9.41. The molecular weight excluding hydrogens is 378 g/mol. The van der Waals surface area contributed by atoms with Crippen LogP contribution in [0.4, 0.5) is 0 Å². The molecular formula is C14H17BrClNO5. The summed E-state index contributed by atoms with van der Waals surface area (Å²) in [7, 11) is 0. The Bertz CT molecular complexity index is 501. The second-order valence-corrected chi connectivity index (χ2v) is 5.27. The van der Waals surface area contributed by atoms with Gasteiger partial charge in [0.05, 0.1) is 9.50 Å². The minimum Gasteiger partial charge on any atom is -0.490 e. The lowest BCUT2D eigenvalue weighted by Gasteiger charge is -2.11. The first-order valence-electron chi connectivity index (χ1n) is 6.15. The first kappa shape index (κ1) is 20.4. The zero-order valence-corrected chi connectivity index (χ0v) is 14.3. The van der Waals surface area contributed by atoms with Crippen LogP contribution in [0.5, 0.6) is 5.75 Å². The number of carboxylic acids is 2. The summed E-state index contributed by atoms with van der Waals surface area (Å²) in [5.41, 5.74) is 1.11. The van der Waals surface area contributed by atoms with Crippen LogP contribution in [0.1, 0.15) is 5.56 Å². The molecule has 6 nitrogen and oxygen atoms in total. The highest BCUT2D eigenvalue weighted by atomic mass is 79.9. The molecule has 122 valence electrons. The molecule has 22 heavy (non-hydrogen) atoms. The Morgan fingerprint density at radius 2 is 2.00 bits per heavy atom. The number of aliphatic carboxylic acids is 2. The molecule has 3 N–H and O–H groups in total. The summed E-state index contributed by atoms with van der Waals surface area (Å²) in [6.07, 6.45) is 1.81. The molecule has 8 heteroatoms. The fraction of sp³-hybridized carbons (Fsp3) is 0.286. The molecule has 1 rings (SSSR count). The first-order chi connectivity index (χ1) is 10.3. The van der Waals surface area contributed by atoms with Gasteiger partial charge in [-0.2, -0.15) is 0 Å². The molecule has 0 saturated carbocycles. The van der Waals surface area contributed by atoms with Gasteiger partial charge in [-0.1, -0.05) is 17.7 Å². The van der Waals surface area contributed by atoms with Crippen molar-refractivity contribution in [3.63, 3.8) is 0 Å². The Morgan fingerprint density at radius 3 is 2.45 bits per heavy atom. The highest BCUT2D eigenvalue weighted by Crippen LogP contribution is 2.34. The molecule has 0 atom stereocenters. The van der Waals surface area contributed by atoms with Crippen LogP contribution in [0.15, 0.2) is 29.3 Å². The number of carboxylic acid groups (broad SMARTS) is 2. The molecule has 0 aromatic heterocycles. The molecule has 1 aromatic rings. The van der Waals surface area contributed by atoms with E-state index in [1.165, 1.54) is 0 Å². The number of benzene rings is 1. The largest absolute Gasteiger partial charge is 0.490 e. The zero-order chi connectivity index (χ0) is 17.1. The maximum atomic E-state index is 9.10. The number of aryl methyl sites for hydroxylation is 1. The molecule has 0 radical (unpaired) electrons. The van der Waals surface area contributed by atoms with E-state index in [0.717, 1.165) is 23.1 Å². The van der Waals surface area contributed by atoms with Gasteiger partial charge in [0.15, 0.2) is 5.75 Å². The third-order valence-corrected chi connectivity index (χ3v) is 3.01. The van der Waals surface area contributed by atoms with E-state index in [0.29, 0.717) is 17.4 Å². The van der Waals surface area contributed by atoms with Gasteiger partial charge in [0.2, 0.25) is 0 Å². The minimum absolute atomic E-state index is 0.579. The van der Waals surface area contributed by atoms with Gasteiger partial charge in [0.1, 0.15) is 6.61 Å². The van der Waals surface area contributed by atoms with Crippen molar-refractivity contribution in [2.75, 3.05) is 19.7 Å². The Labute approximate surface area is 141 Å². The van der Waals surface area contributed by atoms with Crippen LogP contribution in [0.2, 0.25) is 5.02 Å². The van der Waals surface area contributed by atoms with E-state index in [-0.39, 0.29) is 0 Å². The van der Waals surface area contributed by atoms with Crippen molar-refractivity contribution in [1.82, 2.24) is 5.32 Å². The lowest BCUT2D eigenvalue weighted by atomic mass is 10.2. The lowest BCUT2D eigenvalue weighted by molar-refractivity contribution is -0.159. The number of hydrogen-bond acceptors (Lipinski definition) is 4. The van der Waals surface area contributed by atoms with E-state index in [9.17, 15) is 0 Å². The Morgan fingerprint density at radius 1 is 1.41 bits per heavy atom. The Hall–Kier alpha value is -1.57. The number of ether oxygens (including phenoxy) is 1. The van der Waals surface area contributed by atoms with E-state index in [1.54, 1.807) is 0 Å². The topological polar surface area (TPSA) is 95.9 Å². The van der Waals surface area contributed by atoms with Crippen molar-refractivity contribution in [2.24, 2.45) is 0 Å². The van der Waals surface area contributed by atoms with Crippen LogP contribution in [-0.2, 0) is 9.59 Å². The molecule has 0 aliphatic carbocycles. The predicted octanol–water partition coefficient (Wildman–Crippen LogP) is 2.72. The number of rotatable bonds is 6. The summed E-state index contributed by atoms with van der Waals surface area (Å²) >= 11 is 9.52. The van der Waals surface area contributed by atoms with Gasteiger partial charge >= 0.3 is 11.9 Å². The first-order valence-corrected chi connectivity index (χ1v) is 7.33. The monoisotopic (exact) mass is 393 g/mol. The molecule has 0 heterocycles. The van der Waals surface area contributed by atoms with Crippen LogP contribution in [0, 0.1) is 6.92 Å². The fourth-order valence-electron chi connectivity index (χ4n) is 1.25. The second-order valence-electron chi connectivity index (χ2n) is 4.01. The van der Waals surface area contributed by atoms with E-state index in [2.05, 4.69) is 27.8 Å². The summed E-state index contributed by atoms with van der Waals surface area (Å²) in [5, 5.41) is 18.6. The van der Waals surface area contributed by atoms with Crippen LogP contribution in [0.3, 0.4) is 0 Å². The van der Waals surface area contributed by atoms with Crippen LogP contribution < -0.4 is 10.1 Å². The van der Waals surface area contributed by atoms with Crippen molar-refractivity contribution in [2.45, 2.75) is 6.92 Å². The molecule has 0 fully saturated rings. The number of carbonyl (C=O) groups is 2. The summed E-state index contributed by atoms with van der Waals surface area (Å²) in [5.74, 6) is -2.95. The van der Waals surface area contributed by atoms with Gasteiger partial charge in [-0.15, -0.1) is 6.58 Å². The van der Waals surface area contributed by atoms with Crippen molar-refractivity contribution < 1.29 is 24.5 Å². The van der Waals surface area contributed by atoms with Gasteiger partial charge < -0.3 is 20.3 Å². The second kappa shape index (κ2) is 11.1. The quantitative estimate of drug-likeness (QED) is 0.390. The van der Waals surface area contributed by atoms with E-state index in [4.69, 9.17) is 36.1 Å². The maximum absolute atomic E-state index is 9.10. The average molecular weight is 395 g/mol. The smallest absolute Gasteiger partial charge is 0.414 e. The highest BCUT2D eigenvalue weighted by molar-refractivity contribution is 9.10. The van der Waals surface area contributed by atoms with Crippen LogP contribution in [0.25, 0.3) is 0 Å². The summed E-state index contributed by atoms with van der Waals surface area (Å²) in [6, 6.07) is 3.87. The predicted molar refractivity (Wildman–Crippen MR) is 87.7 cm³/mol. The van der Waals surface area contributed by atoms with Gasteiger partial charge in [0.25, 0.3) is 0 Å². The summed E-state index contributed by atoms with van der Waals surface area (Å²) in [6.45, 7) is 7.74. The lowest BCUT2D eigenvalue weighted by Crippen LogP contribution is -2.21. The third kappa shape index (κ3) is 8.66. The molecule has 1 aromatic carbocycles. The molecule has 0 amide bonds. The zero-order valence-electron chi connectivity index (χ0n) is 11.9. The van der Waals surface area contributed by atoms with Gasteiger partial charge in [0, 0.05) is 13.1 Å². The SMILES string of the molecule is C=CCNCCOc1c(Cl)cc(C)cc1Br.O=C(O)C(=O)O. The Kier molecular flexibility index (Phi) is 10.3. The van der Waals surface area contributed by atoms with Crippen molar-refractivity contribution in [1.29, 1.82) is 0 Å². The van der Waals surface area contributed by atoms with Crippen molar-refractivity contribution in [3.8, 4) is 5.75 Å². The number of nitrogens with one attached hydrogen (secondary N) is 1. The van der Waals surface area contributed by atoms with E-state index < -0.39 is 11.9 Å². The molecule has 0 spiro atoms.